The third-order valence-electron chi connectivity index (χ3n) is 1.60. The molecule has 0 spiro atoms. The molecule has 0 N–H and O–H groups in total. The van der Waals surface area contributed by atoms with Gasteiger partial charge in [0.25, 0.3) is 0 Å². The summed E-state index contributed by atoms with van der Waals surface area (Å²) in [6.45, 7) is 3.92. The van der Waals surface area contributed by atoms with Crippen LogP contribution in [-0.4, -0.2) is 41.7 Å². The average molecular weight is 203 g/mol. The summed E-state index contributed by atoms with van der Waals surface area (Å²) in [4.78, 5) is 16.7. The van der Waals surface area contributed by atoms with Crippen LogP contribution in [0.3, 0.4) is 0 Å². The van der Waals surface area contributed by atoms with Crippen LogP contribution in [0.5, 0.6) is 0 Å². The van der Waals surface area contributed by atoms with Gasteiger partial charge in [-0.1, -0.05) is 19.7 Å². The van der Waals surface area contributed by atoms with E-state index in [9.17, 15) is 4.79 Å². The molecule has 0 saturated heterocycles. The molecule has 4 nitrogen and oxygen atoms in total. The second-order valence-electron chi connectivity index (χ2n) is 3.09. The summed E-state index contributed by atoms with van der Waals surface area (Å²) >= 11 is 4.05. The molecular weight excluding hydrogens is 186 g/mol. The van der Waals surface area contributed by atoms with E-state index >= 15 is 0 Å². The molecule has 0 fully saturated rings. The molecule has 0 aliphatic rings. The molecule has 2 amide bonds. The zero-order valence-electron chi connectivity index (χ0n) is 8.56. The summed E-state index contributed by atoms with van der Waals surface area (Å²) in [6.07, 6.45) is 2.33. The number of hydrogen-bond donors (Lipinski definition) is 1. The van der Waals surface area contributed by atoms with Gasteiger partial charge in [0.05, 0.1) is 6.34 Å². The fourth-order valence-corrected chi connectivity index (χ4v) is 0.800. The first-order valence-corrected chi connectivity index (χ1v) is 4.61. The fourth-order valence-electron chi connectivity index (χ4n) is 0.585. The number of carbonyl (C=O) groups is 1. The Morgan fingerprint density at radius 3 is 2.54 bits per heavy atom. The van der Waals surface area contributed by atoms with Crippen molar-refractivity contribution in [3.8, 4) is 0 Å². The molecule has 13 heavy (non-hydrogen) atoms. The van der Waals surface area contributed by atoms with Crippen LogP contribution in [0.4, 0.5) is 4.79 Å². The molecule has 0 heterocycles. The van der Waals surface area contributed by atoms with Crippen LogP contribution < -0.4 is 0 Å². The smallest absolute Gasteiger partial charge is 0.354 e. The molecule has 0 aliphatic carbocycles. The molecule has 0 bridgehead atoms. The predicted molar refractivity (Wildman–Crippen MR) is 58.2 cm³/mol. The molecule has 0 aromatic heterocycles. The Labute approximate surface area is 85.2 Å². The normalized spacial score (nSPS) is 13.0. The average Bonchev–Trinajstić information content (AvgIpc) is 2.11. The maximum Gasteiger partial charge on any atom is 0.354 e. The van der Waals surface area contributed by atoms with E-state index in [1.54, 1.807) is 4.90 Å². The first-order chi connectivity index (χ1) is 5.99. The van der Waals surface area contributed by atoms with E-state index in [0.29, 0.717) is 0 Å². The van der Waals surface area contributed by atoms with Crippen molar-refractivity contribution >= 4 is 25.2 Å². The third-order valence-corrected chi connectivity index (χ3v) is 2.17. The molecular formula is C8H17N3OS. The zero-order valence-corrected chi connectivity index (χ0v) is 9.45. The lowest BCUT2D eigenvalue weighted by atomic mass is 10.3. The summed E-state index contributed by atoms with van der Waals surface area (Å²) in [5.74, 6) is 0. The highest BCUT2D eigenvalue weighted by Gasteiger charge is 2.13. The van der Waals surface area contributed by atoms with Gasteiger partial charge in [0, 0.05) is 20.1 Å². The van der Waals surface area contributed by atoms with Crippen LogP contribution in [0, 0.1) is 0 Å². The highest BCUT2D eigenvalue weighted by molar-refractivity contribution is 7.78. The third kappa shape index (κ3) is 4.77. The van der Waals surface area contributed by atoms with Gasteiger partial charge >= 0.3 is 6.03 Å². The van der Waals surface area contributed by atoms with E-state index in [2.05, 4.69) is 17.8 Å². The quantitative estimate of drug-likeness (QED) is 0.430. The van der Waals surface area contributed by atoms with Crippen molar-refractivity contribution in [2.45, 2.75) is 26.3 Å². The van der Waals surface area contributed by atoms with E-state index in [1.165, 1.54) is 10.6 Å². The SMILES string of the molecule is CCC(C)N(S)C(=O)N=CN(C)C. The van der Waals surface area contributed by atoms with Crippen LogP contribution in [0.2, 0.25) is 0 Å². The Morgan fingerprint density at radius 2 is 2.15 bits per heavy atom. The highest BCUT2D eigenvalue weighted by Crippen LogP contribution is 2.07. The summed E-state index contributed by atoms with van der Waals surface area (Å²) < 4.78 is 1.33. The fraction of sp³-hybridized carbons (Fsp3) is 0.750. The molecule has 0 saturated carbocycles. The predicted octanol–water partition coefficient (Wildman–Crippen LogP) is 1.64. The van der Waals surface area contributed by atoms with Gasteiger partial charge in [0.2, 0.25) is 0 Å². The summed E-state index contributed by atoms with van der Waals surface area (Å²) in [6, 6.07) is -0.221. The van der Waals surface area contributed by atoms with E-state index in [0.717, 1.165) is 6.42 Å². The van der Waals surface area contributed by atoms with Gasteiger partial charge in [-0.3, -0.25) is 4.31 Å². The number of amides is 2. The maximum atomic E-state index is 11.3. The van der Waals surface area contributed by atoms with Crippen molar-refractivity contribution in [3.05, 3.63) is 0 Å². The van der Waals surface area contributed by atoms with E-state index < -0.39 is 0 Å². The Balaban J connectivity index is 4.11. The number of urea groups is 1. The minimum atomic E-state index is -0.327. The lowest BCUT2D eigenvalue weighted by Crippen LogP contribution is -2.28. The Morgan fingerprint density at radius 1 is 1.62 bits per heavy atom. The van der Waals surface area contributed by atoms with Crippen LogP contribution in [0.1, 0.15) is 20.3 Å². The molecule has 0 aromatic carbocycles. The second kappa shape index (κ2) is 5.85. The zero-order chi connectivity index (χ0) is 10.4. The lowest BCUT2D eigenvalue weighted by Gasteiger charge is -2.19. The Hall–Kier alpha value is -0.710. The van der Waals surface area contributed by atoms with Crippen LogP contribution in [0.15, 0.2) is 4.99 Å². The second-order valence-corrected chi connectivity index (χ2v) is 3.52. The largest absolute Gasteiger partial charge is 0.369 e. The van der Waals surface area contributed by atoms with Crippen molar-refractivity contribution in [1.29, 1.82) is 0 Å². The van der Waals surface area contributed by atoms with Gasteiger partial charge in [-0.15, -0.1) is 0 Å². The molecule has 0 aromatic rings. The van der Waals surface area contributed by atoms with Crippen molar-refractivity contribution in [3.63, 3.8) is 0 Å². The Bertz CT molecular complexity index is 194. The van der Waals surface area contributed by atoms with Gasteiger partial charge in [0.1, 0.15) is 0 Å². The topological polar surface area (TPSA) is 35.9 Å². The number of carbonyl (C=O) groups excluding carboxylic acids is 1. The van der Waals surface area contributed by atoms with Gasteiger partial charge in [-0.2, -0.15) is 4.99 Å². The van der Waals surface area contributed by atoms with E-state index in [1.807, 2.05) is 27.9 Å². The Kier molecular flexibility index (Phi) is 5.53. The first-order valence-electron chi connectivity index (χ1n) is 4.21. The molecule has 0 aliphatic heterocycles. The molecule has 76 valence electrons. The number of rotatable bonds is 3. The molecule has 0 rings (SSSR count). The molecule has 1 atom stereocenters. The van der Waals surface area contributed by atoms with Crippen molar-refractivity contribution in [1.82, 2.24) is 9.21 Å². The van der Waals surface area contributed by atoms with E-state index in [4.69, 9.17) is 0 Å². The lowest BCUT2D eigenvalue weighted by molar-refractivity contribution is 0.227. The number of thiol groups is 1. The number of aliphatic imine (C=N–C) groups is 1. The summed E-state index contributed by atoms with van der Waals surface area (Å²) in [5, 5.41) is 0. The molecule has 1 unspecified atom stereocenters. The summed E-state index contributed by atoms with van der Waals surface area (Å²) in [7, 11) is 3.62. The number of nitrogens with zero attached hydrogens (tertiary/aromatic N) is 3. The highest BCUT2D eigenvalue weighted by atomic mass is 32.1. The van der Waals surface area contributed by atoms with Gasteiger partial charge in [-0.05, 0) is 13.3 Å². The number of hydrogen-bond acceptors (Lipinski definition) is 2. The van der Waals surface area contributed by atoms with Crippen molar-refractivity contribution in [2.24, 2.45) is 4.99 Å². The van der Waals surface area contributed by atoms with Gasteiger partial charge < -0.3 is 4.90 Å². The summed E-state index contributed by atoms with van der Waals surface area (Å²) in [5.41, 5.74) is 0. The van der Waals surface area contributed by atoms with Gasteiger partial charge in [-0.25, -0.2) is 4.79 Å². The van der Waals surface area contributed by atoms with Gasteiger partial charge in [0.15, 0.2) is 0 Å². The van der Waals surface area contributed by atoms with Crippen molar-refractivity contribution in [2.75, 3.05) is 14.1 Å². The minimum Gasteiger partial charge on any atom is -0.369 e. The first kappa shape index (κ1) is 12.3. The van der Waals surface area contributed by atoms with Crippen LogP contribution in [-0.2, 0) is 0 Å². The standard InChI is InChI=1S/C8H17N3OS/c1-5-7(2)11(13)8(12)9-6-10(3)4/h6-7,13H,5H2,1-4H3. The minimum absolute atomic E-state index is 0.107. The molecule has 0 radical (unpaired) electrons. The molecule has 5 heteroatoms. The monoisotopic (exact) mass is 203 g/mol. The van der Waals surface area contributed by atoms with Crippen molar-refractivity contribution < 1.29 is 4.79 Å². The van der Waals surface area contributed by atoms with E-state index in [-0.39, 0.29) is 12.1 Å². The maximum absolute atomic E-state index is 11.3. The van der Waals surface area contributed by atoms with Crippen LogP contribution >= 0.6 is 12.8 Å². The van der Waals surface area contributed by atoms with Crippen LogP contribution in [0.25, 0.3) is 0 Å².